The number of nitrogens with zero attached hydrogens (tertiary/aromatic N) is 1. The van der Waals surface area contributed by atoms with Gasteiger partial charge in [0.2, 0.25) is 0 Å². The summed E-state index contributed by atoms with van der Waals surface area (Å²) < 4.78 is 13.8. The van der Waals surface area contributed by atoms with Crippen LogP contribution in [0.4, 0.5) is 4.39 Å². The molecule has 106 valence electrons. The van der Waals surface area contributed by atoms with Gasteiger partial charge in [-0.1, -0.05) is 41.9 Å². The minimum atomic E-state index is -0.863. The van der Waals surface area contributed by atoms with Crippen molar-refractivity contribution in [2.24, 2.45) is 0 Å². The third-order valence-corrected chi connectivity index (χ3v) is 3.84. The lowest BCUT2D eigenvalue weighted by molar-refractivity contribution is 0.178. The van der Waals surface area contributed by atoms with Crippen molar-refractivity contribution in [3.63, 3.8) is 0 Å². The van der Waals surface area contributed by atoms with Gasteiger partial charge in [-0.25, -0.2) is 4.39 Å². The summed E-state index contributed by atoms with van der Waals surface area (Å²) in [5, 5.41) is 11.7. The number of halogens is 2. The molecule has 0 saturated heterocycles. The lowest BCUT2D eigenvalue weighted by Crippen LogP contribution is -2.05. The van der Waals surface area contributed by atoms with Crippen molar-refractivity contribution in [3.8, 4) is 0 Å². The molecule has 0 saturated carbocycles. The van der Waals surface area contributed by atoms with Crippen LogP contribution in [-0.4, -0.2) is 10.1 Å². The normalized spacial score (nSPS) is 12.5. The predicted molar refractivity (Wildman–Crippen MR) is 81.8 cm³/mol. The second-order valence-corrected chi connectivity index (χ2v) is 5.25. The Morgan fingerprint density at radius 3 is 2.67 bits per heavy atom. The van der Waals surface area contributed by atoms with Crippen LogP contribution < -0.4 is 0 Å². The molecular weight excluding hydrogens is 289 g/mol. The monoisotopic (exact) mass is 301 g/mol. The van der Waals surface area contributed by atoms with Gasteiger partial charge in [0.1, 0.15) is 5.82 Å². The van der Waals surface area contributed by atoms with Crippen molar-refractivity contribution in [2.45, 2.75) is 12.5 Å². The summed E-state index contributed by atoms with van der Waals surface area (Å²) in [4.78, 5) is 4.30. The van der Waals surface area contributed by atoms with Crippen LogP contribution in [0, 0.1) is 5.82 Å². The first kappa shape index (κ1) is 14.0. The first-order valence-electron chi connectivity index (χ1n) is 6.61. The Bertz CT molecular complexity index is 765. The van der Waals surface area contributed by atoms with Gasteiger partial charge in [0.15, 0.2) is 0 Å². The van der Waals surface area contributed by atoms with Gasteiger partial charge < -0.3 is 5.11 Å². The van der Waals surface area contributed by atoms with Crippen molar-refractivity contribution in [2.75, 3.05) is 0 Å². The molecule has 2 aromatic carbocycles. The Balaban J connectivity index is 2.00. The first-order chi connectivity index (χ1) is 10.2. The zero-order chi connectivity index (χ0) is 14.8. The number of para-hydroxylation sites is 1. The van der Waals surface area contributed by atoms with Gasteiger partial charge in [0, 0.05) is 34.2 Å². The molecule has 1 heterocycles. The summed E-state index contributed by atoms with van der Waals surface area (Å²) in [5.41, 5.74) is 1.71. The number of aliphatic hydroxyl groups excluding tert-OH is 1. The zero-order valence-electron chi connectivity index (χ0n) is 11.1. The Hall–Kier alpha value is -1.97. The largest absolute Gasteiger partial charge is 0.388 e. The average Bonchev–Trinajstić information content (AvgIpc) is 2.50. The van der Waals surface area contributed by atoms with Crippen molar-refractivity contribution in [3.05, 3.63) is 76.7 Å². The van der Waals surface area contributed by atoms with Crippen molar-refractivity contribution in [1.82, 2.24) is 4.98 Å². The molecule has 21 heavy (non-hydrogen) atoms. The Labute approximate surface area is 126 Å². The number of aliphatic hydroxyl groups is 1. The molecule has 0 fully saturated rings. The van der Waals surface area contributed by atoms with Crippen molar-refractivity contribution >= 4 is 22.5 Å². The average molecular weight is 302 g/mol. The van der Waals surface area contributed by atoms with E-state index in [9.17, 15) is 9.50 Å². The fraction of sp³-hybridized carbons (Fsp3) is 0.118. The molecule has 0 aliphatic rings. The quantitative estimate of drug-likeness (QED) is 0.782. The van der Waals surface area contributed by atoms with Gasteiger partial charge >= 0.3 is 0 Å². The van der Waals surface area contributed by atoms with Gasteiger partial charge in [-0.2, -0.15) is 0 Å². The maximum atomic E-state index is 13.8. The van der Waals surface area contributed by atoms with Crippen LogP contribution in [0.5, 0.6) is 0 Å². The minimum absolute atomic E-state index is 0.112. The van der Waals surface area contributed by atoms with E-state index in [2.05, 4.69) is 4.98 Å². The number of hydrogen-bond donors (Lipinski definition) is 1. The van der Waals surface area contributed by atoms with Crippen LogP contribution in [0.3, 0.4) is 0 Å². The van der Waals surface area contributed by atoms with E-state index in [-0.39, 0.29) is 6.42 Å². The summed E-state index contributed by atoms with van der Waals surface area (Å²) in [6, 6.07) is 13.9. The molecule has 0 aliphatic carbocycles. The number of rotatable bonds is 3. The van der Waals surface area contributed by atoms with E-state index < -0.39 is 11.9 Å². The highest BCUT2D eigenvalue weighted by molar-refractivity contribution is 6.31. The maximum absolute atomic E-state index is 13.8. The van der Waals surface area contributed by atoms with Crippen molar-refractivity contribution < 1.29 is 9.50 Å². The summed E-state index contributed by atoms with van der Waals surface area (Å²) in [6.45, 7) is 0. The van der Waals surface area contributed by atoms with Crippen molar-refractivity contribution in [1.29, 1.82) is 0 Å². The highest BCUT2D eigenvalue weighted by Gasteiger charge is 2.16. The van der Waals surface area contributed by atoms with Gasteiger partial charge in [0.25, 0.3) is 0 Å². The minimum Gasteiger partial charge on any atom is -0.388 e. The molecule has 1 unspecified atom stereocenters. The van der Waals surface area contributed by atoms with Crippen LogP contribution in [-0.2, 0) is 6.42 Å². The lowest BCUT2D eigenvalue weighted by atomic mass is 9.98. The van der Waals surface area contributed by atoms with Crippen LogP contribution in [0.1, 0.15) is 17.2 Å². The highest BCUT2D eigenvalue weighted by Crippen LogP contribution is 2.28. The molecule has 3 aromatic rings. The van der Waals surface area contributed by atoms with Crippen LogP contribution in [0.15, 0.2) is 54.7 Å². The Kier molecular flexibility index (Phi) is 3.86. The summed E-state index contributed by atoms with van der Waals surface area (Å²) in [6.07, 6.45) is 0.925. The number of pyridine rings is 1. The van der Waals surface area contributed by atoms with E-state index >= 15 is 0 Å². The van der Waals surface area contributed by atoms with E-state index in [1.807, 2.05) is 24.3 Å². The third kappa shape index (κ3) is 2.75. The smallest absolute Gasteiger partial charge is 0.127 e. The third-order valence-electron chi connectivity index (χ3n) is 3.48. The topological polar surface area (TPSA) is 33.1 Å². The molecule has 0 radical (unpaired) electrons. The molecule has 1 N–H and O–H groups in total. The Morgan fingerprint density at radius 1 is 1.10 bits per heavy atom. The fourth-order valence-corrected chi connectivity index (χ4v) is 2.67. The van der Waals surface area contributed by atoms with E-state index in [0.29, 0.717) is 16.1 Å². The molecule has 0 spiro atoms. The molecule has 4 heteroatoms. The van der Waals surface area contributed by atoms with Gasteiger partial charge in [-0.15, -0.1) is 0 Å². The van der Waals surface area contributed by atoms with Gasteiger partial charge in [-0.05, 0) is 18.2 Å². The summed E-state index contributed by atoms with van der Waals surface area (Å²) >= 11 is 6.01. The number of aromatic nitrogens is 1. The lowest BCUT2D eigenvalue weighted by Gasteiger charge is -2.14. The summed E-state index contributed by atoms with van der Waals surface area (Å²) in [7, 11) is 0. The molecule has 3 rings (SSSR count). The fourth-order valence-electron chi connectivity index (χ4n) is 2.43. The molecule has 1 aromatic heterocycles. The molecule has 2 nitrogen and oxygen atoms in total. The van der Waals surface area contributed by atoms with E-state index in [1.54, 1.807) is 24.4 Å². The maximum Gasteiger partial charge on any atom is 0.127 e. The predicted octanol–water partition coefficient (Wildman–Crippen LogP) is 4.30. The van der Waals surface area contributed by atoms with E-state index in [1.165, 1.54) is 6.07 Å². The molecule has 0 amide bonds. The number of hydrogen-bond acceptors (Lipinski definition) is 2. The SMILES string of the molecule is OC(Cc1c(F)cccc1Cl)c1cccc2cccnc12. The second-order valence-electron chi connectivity index (χ2n) is 4.84. The van der Waals surface area contributed by atoms with Crippen LogP contribution in [0.25, 0.3) is 10.9 Å². The second kappa shape index (κ2) is 5.80. The zero-order valence-corrected chi connectivity index (χ0v) is 11.9. The number of fused-ring (bicyclic) bond motifs is 1. The van der Waals surface area contributed by atoms with Gasteiger partial charge in [0.05, 0.1) is 11.6 Å². The standard InChI is InChI=1S/C17H13ClFNO/c18-14-7-2-8-15(19)13(14)10-16(21)12-6-1-4-11-5-3-9-20-17(11)12/h1-9,16,21H,10H2. The van der Waals surface area contributed by atoms with E-state index in [4.69, 9.17) is 11.6 Å². The molecule has 1 atom stereocenters. The highest BCUT2D eigenvalue weighted by atomic mass is 35.5. The van der Waals surface area contributed by atoms with E-state index in [0.717, 1.165) is 10.9 Å². The van der Waals surface area contributed by atoms with Crippen LogP contribution >= 0.6 is 11.6 Å². The number of benzene rings is 2. The molecule has 0 aliphatic heterocycles. The first-order valence-corrected chi connectivity index (χ1v) is 6.99. The molecule has 0 bridgehead atoms. The van der Waals surface area contributed by atoms with Gasteiger partial charge in [-0.3, -0.25) is 4.98 Å². The Morgan fingerprint density at radius 2 is 1.86 bits per heavy atom. The van der Waals surface area contributed by atoms with Crippen LogP contribution in [0.2, 0.25) is 5.02 Å². The summed E-state index contributed by atoms with van der Waals surface area (Å²) in [5.74, 6) is -0.408. The molecular formula is C17H13ClFNO.